The lowest BCUT2D eigenvalue weighted by molar-refractivity contribution is 0.180. The number of nitrogens with two attached hydrogens (primary N) is 1. The number of hydrogen-bond donors (Lipinski definition) is 3. The van der Waals surface area contributed by atoms with Crippen molar-refractivity contribution in [3.05, 3.63) is 4.91 Å². The maximum atomic E-state index is 9.17. The molecule has 0 aliphatic rings. The lowest BCUT2D eigenvalue weighted by atomic mass is 10.0. The first-order chi connectivity index (χ1) is 13.1. The van der Waals surface area contributed by atoms with Gasteiger partial charge < -0.3 is 10.2 Å². The van der Waals surface area contributed by atoms with Gasteiger partial charge in [-0.05, 0) is 20.3 Å². The van der Waals surface area contributed by atoms with Crippen LogP contribution < -0.4 is 5.84 Å². The van der Waals surface area contributed by atoms with Crippen molar-refractivity contribution in [2.75, 3.05) is 6.61 Å². The molecule has 0 fully saturated rings. The second-order valence-corrected chi connectivity index (χ2v) is 7.36. The van der Waals surface area contributed by atoms with Gasteiger partial charge in [0.25, 0.3) is 0 Å². The van der Waals surface area contributed by atoms with Crippen LogP contribution in [0.2, 0.25) is 0 Å². The molecule has 0 heterocycles. The Morgan fingerprint density at radius 2 is 0.926 bits per heavy atom. The molecule has 4 N–H and O–H groups in total. The molecule has 0 aliphatic heterocycles. The summed E-state index contributed by atoms with van der Waals surface area (Å²) in [5.41, 5.74) is 0. The minimum atomic E-state index is -0.100. The minimum Gasteiger partial charge on any atom is -0.397 e. The monoisotopic (exact) mass is 390 g/mol. The van der Waals surface area contributed by atoms with Gasteiger partial charge in [-0.15, -0.1) is 4.91 Å². The summed E-state index contributed by atoms with van der Waals surface area (Å²) >= 11 is 0. The van der Waals surface area contributed by atoms with E-state index in [0.29, 0.717) is 0 Å². The maximum absolute atomic E-state index is 9.17. The van der Waals surface area contributed by atoms with Gasteiger partial charge in [0.15, 0.2) is 0 Å². The van der Waals surface area contributed by atoms with Gasteiger partial charge >= 0.3 is 0 Å². The van der Waals surface area contributed by atoms with Crippen molar-refractivity contribution in [2.45, 2.75) is 136 Å². The summed E-state index contributed by atoms with van der Waals surface area (Å²) in [5, 5.41) is 18.5. The van der Waals surface area contributed by atoms with Gasteiger partial charge in [0, 0.05) is 11.9 Å². The highest BCUT2D eigenvalue weighted by Gasteiger charge is 1.96. The predicted octanol–water partition coefficient (Wildman–Crippen LogP) is 6.64. The Morgan fingerprint density at radius 1 is 0.704 bits per heavy atom. The number of nitroso groups, excluding NO2 is 1. The largest absolute Gasteiger partial charge is 0.397 e. The number of hydrogen-bond acceptors (Lipinski definition) is 4. The van der Waals surface area contributed by atoms with Crippen LogP contribution in [0, 0.1) is 4.91 Å². The third kappa shape index (κ3) is 45.9. The second-order valence-electron chi connectivity index (χ2n) is 7.36. The van der Waals surface area contributed by atoms with Gasteiger partial charge in [-0.3, -0.25) is 5.84 Å². The summed E-state index contributed by atoms with van der Waals surface area (Å²) in [6, 6.07) is 0. The van der Waals surface area contributed by atoms with Crippen molar-refractivity contribution >= 4 is 0 Å². The molecule has 0 aromatic rings. The van der Waals surface area contributed by atoms with Crippen LogP contribution in [0.25, 0.3) is 0 Å². The van der Waals surface area contributed by atoms with E-state index in [0.717, 1.165) is 6.42 Å². The van der Waals surface area contributed by atoms with Crippen LogP contribution in [0.3, 0.4) is 0 Å². The SMILES string of the molecule is CCCCCCCCCCCCCCCCCCC(C)O.CCO.NN=O. The fraction of sp³-hybridized carbons (Fsp3) is 1.00. The van der Waals surface area contributed by atoms with E-state index in [1.54, 1.807) is 12.2 Å². The highest BCUT2D eigenvalue weighted by atomic mass is 16.3. The van der Waals surface area contributed by atoms with E-state index in [2.05, 4.69) is 12.8 Å². The van der Waals surface area contributed by atoms with Gasteiger partial charge in [-0.25, -0.2) is 0 Å². The van der Waals surface area contributed by atoms with Crippen LogP contribution >= 0.6 is 0 Å². The molecule has 0 amide bonds. The van der Waals surface area contributed by atoms with Crippen molar-refractivity contribution in [1.82, 2.24) is 0 Å². The smallest absolute Gasteiger partial charge is 0.0512 e. The standard InChI is InChI=1S/C20H42O.C2H6O.H2N2O/c1-3-4-5-6-7-8-9-10-11-12-13-14-15-16-17-18-19-20(2)21;2*1-2-3/h20-21H,3-19H2,1-2H3;3H,2H2,1H3;(H2,1,3). The molecular weight excluding hydrogens is 340 g/mol. The molecule has 0 radical (unpaired) electrons. The van der Waals surface area contributed by atoms with Gasteiger partial charge in [0.05, 0.1) is 6.10 Å². The van der Waals surface area contributed by atoms with Crippen molar-refractivity contribution in [3.63, 3.8) is 0 Å². The summed E-state index contributed by atoms with van der Waals surface area (Å²) < 4.78 is 0. The van der Waals surface area contributed by atoms with Crippen molar-refractivity contribution in [1.29, 1.82) is 0 Å². The van der Waals surface area contributed by atoms with Crippen LogP contribution in [0.1, 0.15) is 130 Å². The van der Waals surface area contributed by atoms with Crippen LogP contribution in [0.15, 0.2) is 5.29 Å². The van der Waals surface area contributed by atoms with E-state index in [1.807, 2.05) is 6.92 Å². The molecule has 5 heteroatoms. The van der Waals surface area contributed by atoms with Crippen molar-refractivity contribution < 1.29 is 10.2 Å². The lowest BCUT2D eigenvalue weighted by Gasteiger charge is -2.04. The summed E-state index contributed by atoms with van der Waals surface area (Å²) in [7, 11) is 0. The molecule has 0 aliphatic carbocycles. The first-order valence-corrected chi connectivity index (χ1v) is 11.4. The van der Waals surface area contributed by atoms with Gasteiger partial charge in [-0.2, -0.15) is 0 Å². The average Bonchev–Trinajstić information content (AvgIpc) is 2.62. The fourth-order valence-corrected chi connectivity index (χ4v) is 2.99. The predicted molar refractivity (Wildman–Crippen MR) is 119 cm³/mol. The molecular formula is C22H50N2O3. The molecule has 5 nitrogen and oxygen atoms in total. The number of aliphatic hydroxyl groups is 2. The zero-order chi connectivity index (χ0) is 21.0. The molecule has 0 aromatic heterocycles. The lowest BCUT2D eigenvalue weighted by Crippen LogP contribution is -1.98. The third-order valence-corrected chi connectivity index (χ3v) is 4.48. The van der Waals surface area contributed by atoms with Gasteiger partial charge in [-0.1, -0.05) is 110 Å². The fourth-order valence-electron chi connectivity index (χ4n) is 2.99. The Labute approximate surface area is 169 Å². The maximum Gasteiger partial charge on any atom is 0.0512 e. The Balaban J connectivity index is -0.000000840. The van der Waals surface area contributed by atoms with Gasteiger partial charge in [0.1, 0.15) is 0 Å². The topological polar surface area (TPSA) is 95.9 Å². The Morgan fingerprint density at radius 3 is 1.15 bits per heavy atom. The van der Waals surface area contributed by atoms with E-state index >= 15 is 0 Å². The van der Waals surface area contributed by atoms with Crippen molar-refractivity contribution in [3.8, 4) is 0 Å². The molecule has 0 spiro atoms. The third-order valence-electron chi connectivity index (χ3n) is 4.48. The molecule has 0 rings (SSSR count). The summed E-state index contributed by atoms with van der Waals surface area (Å²) in [5.74, 6) is 3.92. The second kappa shape index (κ2) is 32.9. The average molecular weight is 391 g/mol. The zero-order valence-corrected chi connectivity index (χ0v) is 18.6. The van der Waals surface area contributed by atoms with Crippen LogP contribution in [0.4, 0.5) is 0 Å². The minimum absolute atomic E-state index is 0.100. The van der Waals surface area contributed by atoms with E-state index in [-0.39, 0.29) is 12.7 Å². The normalized spacial score (nSPS) is 11.0. The van der Waals surface area contributed by atoms with E-state index in [1.165, 1.54) is 103 Å². The van der Waals surface area contributed by atoms with Crippen LogP contribution in [0.5, 0.6) is 0 Å². The molecule has 0 saturated carbocycles. The van der Waals surface area contributed by atoms with E-state index in [9.17, 15) is 0 Å². The molecule has 166 valence electrons. The number of rotatable bonds is 17. The molecule has 0 aromatic carbocycles. The molecule has 1 atom stereocenters. The summed E-state index contributed by atoms with van der Waals surface area (Å²) in [6.45, 7) is 6.11. The highest BCUT2D eigenvalue weighted by Crippen LogP contribution is 2.14. The number of unbranched alkanes of at least 4 members (excludes halogenated alkanes) is 15. The molecule has 1 unspecified atom stereocenters. The Bertz CT molecular complexity index is 240. The quantitative estimate of drug-likeness (QED) is 0.112. The van der Waals surface area contributed by atoms with E-state index < -0.39 is 0 Å². The molecule has 0 saturated heterocycles. The molecule has 27 heavy (non-hydrogen) atoms. The number of aliphatic hydroxyl groups excluding tert-OH is 2. The van der Waals surface area contributed by atoms with Crippen LogP contribution in [-0.2, 0) is 0 Å². The Hall–Kier alpha value is -0.680. The molecule has 0 bridgehead atoms. The Kier molecular flexibility index (Phi) is 37.9. The van der Waals surface area contributed by atoms with E-state index in [4.69, 9.17) is 15.1 Å². The number of nitrogens with zero attached hydrogens (tertiary/aromatic N) is 1. The zero-order valence-electron chi connectivity index (χ0n) is 18.6. The first-order valence-electron chi connectivity index (χ1n) is 11.4. The van der Waals surface area contributed by atoms with Crippen LogP contribution in [-0.4, -0.2) is 22.9 Å². The summed E-state index contributed by atoms with van der Waals surface area (Å²) in [6.07, 6.45) is 23.5. The summed E-state index contributed by atoms with van der Waals surface area (Å²) in [4.78, 5) is 8.33. The van der Waals surface area contributed by atoms with Gasteiger partial charge in [0.2, 0.25) is 0 Å². The van der Waals surface area contributed by atoms with Crippen molar-refractivity contribution in [2.24, 2.45) is 11.1 Å². The first kappa shape index (κ1) is 31.0. The highest BCUT2D eigenvalue weighted by molar-refractivity contribution is 4.51.